The summed E-state index contributed by atoms with van der Waals surface area (Å²) in [5.74, 6) is 0.119. The lowest BCUT2D eigenvalue weighted by molar-refractivity contribution is -0.138. The second-order valence-corrected chi connectivity index (χ2v) is 5.08. The fourth-order valence-electron chi connectivity index (χ4n) is 1.65. The number of rotatable bonds is 3. The summed E-state index contributed by atoms with van der Waals surface area (Å²) < 4.78 is 37.9. The first kappa shape index (κ1) is 12.6. The summed E-state index contributed by atoms with van der Waals surface area (Å²) in [6, 6.07) is 3.95. The number of Topliss-reactive ketones (excluding diaryl/α,β-unsaturated/α-hetero) is 1. The second-order valence-electron chi connectivity index (χ2n) is 4.23. The quantitative estimate of drug-likeness (QED) is 0.825. The predicted molar refractivity (Wildman–Crippen MR) is 60.6 cm³/mol. The van der Waals surface area contributed by atoms with Gasteiger partial charge in [-0.1, -0.05) is 22.0 Å². The van der Waals surface area contributed by atoms with E-state index in [9.17, 15) is 18.0 Å². The van der Waals surface area contributed by atoms with Gasteiger partial charge in [-0.15, -0.1) is 0 Å². The Kier molecular flexibility index (Phi) is 3.30. The third kappa shape index (κ3) is 3.09. The molecule has 5 heteroatoms. The molecule has 0 atom stereocenters. The van der Waals surface area contributed by atoms with Crippen molar-refractivity contribution in [3.05, 3.63) is 33.8 Å². The van der Waals surface area contributed by atoms with Crippen molar-refractivity contribution >= 4 is 21.7 Å². The fraction of sp³-hybridized carbons (Fsp3) is 0.417. The highest BCUT2D eigenvalue weighted by Gasteiger charge is 2.34. The van der Waals surface area contributed by atoms with Crippen LogP contribution in [0.2, 0.25) is 0 Å². The van der Waals surface area contributed by atoms with E-state index in [0.29, 0.717) is 5.56 Å². The molecule has 0 N–H and O–H groups in total. The summed E-state index contributed by atoms with van der Waals surface area (Å²) in [7, 11) is 0. The number of carbonyl (C=O) groups excluding carboxylic acids is 1. The van der Waals surface area contributed by atoms with Gasteiger partial charge in [0, 0.05) is 16.8 Å². The van der Waals surface area contributed by atoms with E-state index < -0.39 is 11.7 Å². The lowest BCUT2D eigenvalue weighted by atomic mass is 10.0. The standard InChI is InChI=1S/C12H10BrF3O/c13-10-4-1-7(5-9(10)12(14,15)16)6-11(17)8-2-3-8/h1,4-5,8H,2-3,6H2. The second kappa shape index (κ2) is 4.44. The van der Waals surface area contributed by atoms with Crippen LogP contribution in [-0.4, -0.2) is 5.78 Å². The molecule has 0 amide bonds. The monoisotopic (exact) mass is 306 g/mol. The van der Waals surface area contributed by atoms with E-state index in [1.54, 1.807) is 6.07 Å². The molecule has 0 aromatic heterocycles. The van der Waals surface area contributed by atoms with Crippen LogP contribution in [0, 0.1) is 5.92 Å². The molecule has 1 aliphatic carbocycles. The minimum atomic E-state index is -4.39. The Labute approximate surface area is 105 Å². The van der Waals surface area contributed by atoms with Gasteiger partial charge in [-0.25, -0.2) is 0 Å². The van der Waals surface area contributed by atoms with Crippen molar-refractivity contribution in [1.29, 1.82) is 0 Å². The van der Waals surface area contributed by atoms with E-state index in [0.717, 1.165) is 18.9 Å². The number of benzene rings is 1. The Morgan fingerprint density at radius 3 is 2.53 bits per heavy atom. The van der Waals surface area contributed by atoms with Gasteiger partial charge in [-0.05, 0) is 30.5 Å². The molecule has 1 saturated carbocycles. The SMILES string of the molecule is O=C(Cc1ccc(Br)c(C(F)(F)F)c1)C1CC1. The van der Waals surface area contributed by atoms with Gasteiger partial charge in [-0.2, -0.15) is 13.2 Å². The van der Waals surface area contributed by atoms with E-state index in [1.807, 2.05) is 0 Å². The van der Waals surface area contributed by atoms with Crippen molar-refractivity contribution in [2.24, 2.45) is 5.92 Å². The lowest BCUT2D eigenvalue weighted by Gasteiger charge is -2.10. The highest BCUT2D eigenvalue weighted by atomic mass is 79.9. The molecule has 92 valence electrons. The van der Waals surface area contributed by atoms with Crippen LogP contribution in [0.1, 0.15) is 24.0 Å². The molecule has 0 bridgehead atoms. The molecular weight excluding hydrogens is 297 g/mol. The van der Waals surface area contributed by atoms with Crippen molar-refractivity contribution in [2.45, 2.75) is 25.4 Å². The van der Waals surface area contributed by atoms with Gasteiger partial charge in [0.05, 0.1) is 5.56 Å². The maximum atomic E-state index is 12.6. The minimum Gasteiger partial charge on any atom is -0.299 e. The third-order valence-corrected chi connectivity index (χ3v) is 3.44. The molecule has 1 nitrogen and oxygen atoms in total. The zero-order chi connectivity index (χ0) is 12.6. The topological polar surface area (TPSA) is 17.1 Å². The van der Waals surface area contributed by atoms with E-state index >= 15 is 0 Å². The lowest BCUT2D eigenvalue weighted by Crippen LogP contribution is -2.09. The van der Waals surface area contributed by atoms with Crippen LogP contribution in [0.3, 0.4) is 0 Å². The van der Waals surface area contributed by atoms with Crippen molar-refractivity contribution in [3.8, 4) is 0 Å². The molecule has 1 aliphatic rings. The smallest absolute Gasteiger partial charge is 0.299 e. The summed E-state index contributed by atoms with van der Waals surface area (Å²) in [6.45, 7) is 0. The van der Waals surface area contributed by atoms with Crippen LogP contribution in [0.25, 0.3) is 0 Å². The van der Waals surface area contributed by atoms with Gasteiger partial charge < -0.3 is 0 Å². The van der Waals surface area contributed by atoms with Crippen molar-refractivity contribution in [1.82, 2.24) is 0 Å². The molecule has 0 radical (unpaired) electrons. The van der Waals surface area contributed by atoms with E-state index in [2.05, 4.69) is 15.9 Å². The molecule has 2 rings (SSSR count). The van der Waals surface area contributed by atoms with Crippen LogP contribution in [0.5, 0.6) is 0 Å². The molecular formula is C12H10BrF3O. The largest absolute Gasteiger partial charge is 0.417 e. The van der Waals surface area contributed by atoms with E-state index in [4.69, 9.17) is 0 Å². The summed E-state index contributed by atoms with van der Waals surface area (Å²) in [4.78, 5) is 11.5. The summed E-state index contributed by atoms with van der Waals surface area (Å²) in [5.41, 5.74) is -0.295. The first-order chi connectivity index (χ1) is 7.88. The maximum Gasteiger partial charge on any atom is 0.417 e. The van der Waals surface area contributed by atoms with Crippen molar-refractivity contribution in [3.63, 3.8) is 0 Å². The normalized spacial score (nSPS) is 16.0. The Morgan fingerprint density at radius 2 is 2.00 bits per heavy atom. The highest BCUT2D eigenvalue weighted by Crippen LogP contribution is 2.36. The summed E-state index contributed by atoms with van der Waals surface area (Å²) in [6.07, 6.45) is -2.54. The van der Waals surface area contributed by atoms with Gasteiger partial charge in [0.25, 0.3) is 0 Å². The van der Waals surface area contributed by atoms with Gasteiger partial charge >= 0.3 is 6.18 Å². The molecule has 0 saturated heterocycles. The number of halogens is 4. The van der Waals surface area contributed by atoms with Gasteiger partial charge in [0.15, 0.2) is 0 Å². The highest BCUT2D eigenvalue weighted by molar-refractivity contribution is 9.10. The third-order valence-electron chi connectivity index (χ3n) is 2.75. The Morgan fingerprint density at radius 1 is 1.35 bits per heavy atom. The van der Waals surface area contributed by atoms with Crippen molar-refractivity contribution in [2.75, 3.05) is 0 Å². The molecule has 0 heterocycles. The van der Waals surface area contributed by atoms with Gasteiger partial charge in [-0.3, -0.25) is 4.79 Å². The van der Waals surface area contributed by atoms with Gasteiger partial charge in [0.1, 0.15) is 5.78 Å². The molecule has 0 unspecified atom stereocenters. The van der Waals surface area contributed by atoms with Crippen LogP contribution in [-0.2, 0) is 17.4 Å². The van der Waals surface area contributed by atoms with Crippen LogP contribution >= 0.6 is 15.9 Å². The van der Waals surface area contributed by atoms with Crippen molar-refractivity contribution < 1.29 is 18.0 Å². The molecule has 1 aromatic carbocycles. The molecule has 1 aromatic rings. The molecule has 17 heavy (non-hydrogen) atoms. The first-order valence-corrected chi connectivity index (χ1v) is 6.05. The average molecular weight is 307 g/mol. The van der Waals surface area contributed by atoms with E-state index in [1.165, 1.54) is 6.07 Å². The number of hydrogen-bond donors (Lipinski definition) is 0. The van der Waals surface area contributed by atoms with Crippen LogP contribution in [0.4, 0.5) is 13.2 Å². The Hall–Kier alpha value is -0.840. The zero-order valence-electron chi connectivity index (χ0n) is 8.85. The Balaban J connectivity index is 2.21. The predicted octanol–water partition coefficient (Wildman–Crippen LogP) is 3.99. The van der Waals surface area contributed by atoms with Crippen LogP contribution < -0.4 is 0 Å². The van der Waals surface area contributed by atoms with Gasteiger partial charge in [0.2, 0.25) is 0 Å². The number of carbonyl (C=O) groups is 1. The Bertz CT molecular complexity index is 450. The minimum absolute atomic E-state index is 0.00706. The summed E-state index contributed by atoms with van der Waals surface area (Å²) >= 11 is 2.87. The van der Waals surface area contributed by atoms with Crippen LogP contribution in [0.15, 0.2) is 22.7 Å². The fourth-order valence-corrected chi connectivity index (χ4v) is 2.12. The number of alkyl halides is 3. The molecule has 0 aliphatic heterocycles. The molecule has 0 spiro atoms. The maximum absolute atomic E-state index is 12.6. The molecule has 1 fully saturated rings. The zero-order valence-corrected chi connectivity index (χ0v) is 10.4. The van der Waals surface area contributed by atoms with E-state index in [-0.39, 0.29) is 22.6 Å². The average Bonchev–Trinajstić information content (AvgIpc) is 3.02. The number of ketones is 1. The summed E-state index contributed by atoms with van der Waals surface area (Å²) in [5, 5.41) is 0. The first-order valence-electron chi connectivity index (χ1n) is 5.26. The number of hydrogen-bond acceptors (Lipinski definition) is 1.